The Morgan fingerprint density at radius 1 is 1.17 bits per heavy atom. The molecule has 1 N–H and O–H groups in total. The van der Waals surface area contributed by atoms with Crippen LogP contribution in [0.3, 0.4) is 0 Å². The molecule has 2 aromatic carbocycles. The Morgan fingerprint density at radius 2 is 1.88 bits per heavy atom. The van der Waals surface area contributed by atoms with Gasteiger partial charge in [-0.25, -0.2) is 0 Å². The van der Waals surface area contributed by atoms with Gasteiger partial charge in [0.15, 0.2) is 6.10 Å². The van der Waals surface area contributed by atoms with Gasteiger partial charge in [-0.2, -0.15) is 5.26 Å². The normalized spacial score (nSPS) is 11.7. The van der Waals surface area contributed by atoms with Gasteiger partial charge < -0.3 is 10.1 Å². The van der Waals surface area contributed by atoms with Crippen LogP contribution in [0.4, 0.5) is 5.69 Å². The summed E-state index contributed by atoms with van der Waals surface area (Å²) in [5.74, 6) is 0.600. The van der Waals surface area contributed by atoms with E-state index in [9.17, 15) is 4.79 Å². The number of anilines is 1. The van der Waals surface area contributed by atoms with Crippen LogP contribution in [0.1, 0.15) is 43.4 Å². The summed E-state index contributed by atoms with van der Waals surface area (Å²) in [5, 5.41) is 11.9. The van der Waals surface area contributed by atoms with E-state index in [-0.39, 0.29) is 5.91 Å². The maximum atomic E-state index is 12.5. The molecule has 0 unspecified atom stereocenters. The van der Waals surface area contributed by atoms with Gasteiger partial charge in [-0.15, -0.1) is 0 Å². The Bertz CT molecular complexity index is 775. The maximum absolute atomic E-state index is 12.5. The minimum atomic E-state index is -0.668. The number of benzene rings is 2. The molecule has 2 rings (SSSR count). The molecule has 2 aromatic rings. The highest BCUT2D eigenvalue weighted by Gasteiger charge is 2.18. The van der Waals surface area contributed by atoms with E-state index in [0.29, 0.717) is 17.2 Å². The summed E-state index contributed by atoms with van der Waals surface area (Å²) in [6, 6.07) is 14.8. The number of carbonyl (C=O) groups excluding carboxylic acids is 1. The minimum Gasteiger partial charge on any atom is -0.481 e. The lowest BCUT2D eigenvalue weighted by Crippen LogP contribution is -2.30. The Kier molecular flexibility index (Phi) is 5.59. The maximum Gasteiger partial charge on any atom is 0.265 e. The SMILES string of the molecule is Cc1cccc(C(C)C)c1NC(=O)[C@@H](C)Oc1cccc(C#N)c1. The summed E-state index contributed by atoms with van der Waals surface area (Å²) in [5.41, 5.74) is 3.47. The van der Waals surface area contributed by atoms with Crippen LogP contribution in [0.5, 0.6) is 5.75 Å². The number of carbonyl (C=O) groups is 1. The molecule has 24 heavy (non-hydrogen) atoms. The van der Waals surface area contributed by atoms with E-state index in [2.05, 4.69) is 25.2 Å². The fraction of sp³-hybridized carbons (Fsp3) is 0.300. The van der Waals surface area contributed by atoms with Crippen molar-refractivity contribution in [2.45, 2.75) is 39.7 Å². The van der Waals surface area contributed by atoms with Crippen molar-refractivity contribution in [3.05, 3.63) is 59.2 Å². The van der Waals surface area contributed by atoms with Gasteiger partial charge in [0.1, 0.15) is 5.75 Å². The highest BCUT2D eigenvalue weighted by atomic mass is 16.5. The average Bonchev–Trinajstić information content (AvgIpc) is 2.56. The fourth-order valence-electron chi connectivity index (χ4n) is 2.46. The number of hydrogen-bond acceptors (Lipinski definition) is 3. The van der Waals surface area contributed by atoms with Gasteiger partial charge in [0.25, 0.3) is 5.91 Å². The Labute approximate surface area is 143 Å². The third-order valence-corrected chi connectivity index (χ3v) is 3.82. The number of amides is 1. The molecule has 0 saturated heterocycles. The lowest BCUT2D eigenvalue weighted by atomic mass is 9.98. The second-order valence-electron chi connectivity index (χ2n) is 6.08. The van der Waals surface area contributed by atoms with Gasteiger partial charge in [-0.1, -0.05) is 38.1 Å². The number of para-hydroxylation sites is 1. The zero-order chi connectivity index (χ0) is 17.7. The summed E-state index contributed by atoms with van der Waals surface area (Å²) in [4.78, 5) is 12.5. The van der Waals surface area contributed by atoms with E-state index in [4.69, 9.17) is 10.00 Å². The Balaban J connectivity index is 2.14. The first-order valence-corrected chi connectivity index (χ1v) is 7.99. The van der Waals surface area contributed by atoms with Crippen molar-refractivity contribution in [3.8, 4) is 11.8 Å². The number of ether oxygens (including phenoxy) is 1. The summed E-state index contributed by atoms with van der Waals surface area (Å²) < 4.78 is 5.67. The molecule has 4 heteroatoms. The van der Waals surface area contributed by atoms with E-state index in [1.807, 2.05) is 25.1 Å². The molecule has 124 valence electrons. The van der Waals surface area contributed by atoms with Gasteiger partial charge in [0, 0.05) is 5.69 Å². The monoisotopic (exact) mass is 322 g/mol. The molecule has 0 heterocycles. The molecule has 0 aliphatic rings. The van der Waals surface area contributed by atoms with Crippen molar-refractivity contribution in [1.29, 1.82) is 5.26 Å². The zero-order valence-corrected chi connectivity index (χ0v) is 14.5. The highest BCUT2D eigenvalue weighted by molar-refractivity contribution is 5.95. The van der Waals surface area contributed by atoms with Gasteiger partial charge >= 0.3 is 0 Å². The van der Waals surface area contributed by atoms with Gasteiger partial charge in [0.05, 0.1) is 11.6 Å². The van der Waals surface area contributed by atoms with E-state index < -0.39 is 6.10 Å². The van der Waals surface area contributed by atoms with Gasteiger partial charge in [-0.05, 0) is 49.1 Å². The van der Waals surface area contributed by atoms with Crippen LogP contribution in [-0.4, -0.2) is 12.0 Å². The molecule has 0 saturated carbocycles. The smallest absolute Gasteiger partial charge is 0.265 e. The number of nitrogens with one attached hydrogen (secondary N) is 1. The average molecular weight is 322 g/mol. The predicted octanol–water partition coefficient (Wildman–Crippen LogP) is 4.40. The second kappa shape index (κ2) is 7.65. The van der Waals surface area contributed by atoms with Crippen molar-refractivity contribution in [2.75, 3.05) is 5.32 Å². The fourth-order valence-corrected chi connectivity index (χ4v) is 2.46. The molecule has 1 atom stereocenters. The molecule has 0 spiro atoms. The highest BCUT2D eigenvalue weighted by Crippen LogP contribution is 2.27. The van der Waals surface area contributed by atoms with Crippen LogP contribution in [0.25, 0.3) is 0 Å². The van der Waals surface area contributed by atoms with E-state index in [1.54, 1.807) is 31.2 Å². The van der Waals surface area contributed by atoms with Gasteiger partial charge in [0.2, 0.25) is 0 Å². The van der Waals surface area contributed by atoms with Crippen molar-refractivity contribution in [3.63, 3.8) is 0 Å². The molecule has 0 aliphatic heterocycles. The third kappa shape index (κ3) is 4.14. The molecule has 0 radical (unpaired) electrons. The van der Waals surface area contributed by atoms with Crippen molar-refractivity contribution in [1.82, 2.24) is 0 Å². The van der Waals surface area contributed by atoms with Crippen molar-refractivity contribution >= 4 is 11.6 Å². The van der Waals surface area contributed by atoms with E-state index in [1.165, 1.54) is 0 Å². The first-order valence-electron chi connectivity index (χ1n) is 7.99. The van der Waals surface area contributed by atoms with Gasteiger partial charge in [-0.3, -0.25) is 4.79 Å². The molecule has 4 nitrogen and oxygen atoms in total. The van der Waals surface area contributed by atoms with Crippen LogP contribution < -0.4 is 10.1 Å². The van der Waals surface area contributed by atoms with Crippen LogP contribution in [0, 0.1) is 18.3 Å². The van der Waals surface area contributed by atoms with E-state index in [0.717, 1.165) is 16.8 Å². The van der Waals surface area contributed by atoms with Crippen LogP contribution in [-0.2, 0) is 4.79 Å². The predicted molar refractivity (Wildman–Crippen MR) is 95.1 cm³/mol. The molecular weight excluding hydrogens is 300 g/mol. The zero-order valence-electron chi connectivity index (χ0n) is 14.5. The van der Waals surface area contributed by atoms with Crippen LogP contribution >= 0.6 is 0 Å². The number of rotatable bonds is 5. The molecule has 0 aromatic heterocycles. The molecule has 0 fully saturated rings. The third-order valence-electron chi connectivity index (χ3n) is 3.82. The molecule has 0 bridgehead atoms. The summed E-state index contributed by atoms with van der Waals surface area (Å²) in [7, 11) is 0. The second-order valence-corrected chi connectivity index (χ2v) is 6.08. The Morgan fingerprint density at radius 3 is 2.54 bits per heavy atom. The standard InChI is InChI=1S/C20H22N2O2/c1-13(2)18-10-5-7-14(3)19(18)22-20(23)15(4)24-17-9-6-8-16(11-17)12-21/h5-11,13,15H,1-4H3,(H,22,23)/t15-/m1/s1. The molecular formula is C20H22N2O2. The number of hydrogen-bond donors (Lipinski definition) is 1. The summed E-state index contributed by atoms with van der Waals surface area (Å²) in [6.07, 6.45) is -0.668. The first kappa shape index (κ1) is 17.6. The van der Waals surface area contributed by atoms with Crippen LogP contribution in [0.2, 0.25) is 0 Å². The number of aryl methyl sites for hydroxylation is 1. The summed E-state index contributed by atoms with van der Waals surface area (Å²) >= 11 is 0. The number of nitriles is 1. The number of nitrogens with zero attached hydrogens (tertiary/aromatic N) is 1. The first-order chi connectivity index (χ1) is 11.4. The van der Waals surface area contributed by atoms with E-state index >= 15 is 0 Å². The molecule has 1 amide bonds. The molecule has 0 aliphatic carbocycles. The topological polar surface area (TPSA) is 62.1 Å². The quantitative estimate of drug-likeness (QED) is 0.887. The lowest BCUT2D eigenvalue weighted by molar-refractivity contribution is -0.122. The largest absolute Gasteiger partial charge is 0.481 e. The van der Waals surface area contributed by atoms with Crippen molar-refractivity contribution < 1.29 is 9.53 Å². The van der Waals surface area contributed by atoms with Crippen LogP contribution in [0.15, 0.2) is 42.5 Å². The minimum absolute atomic E-state index is 0.214. The Hall–Kier alpha value is -2.80. The summed E-state index contributed by atoms with van der Waals surface area (Å²) in [6.45, 7) is 7.86. The lowest BCUT2D eigenvalue weighted by Gasteiger charge is -2.19. The van der Waals surface area contributed by atoms with Crippen molar-refractivity contribution in [2.24, 2.45) is 0 Å².